The second-order valence-electron chi connectivity index (χ2n) is 7.05. The average Bonchev–Trinajstić information content (AvgIpc) is 3.13. The highest BCUT2D eigenvalue weighted by Gasteiger charge is 2.18. The Labute approximate surface area is 176 Å². The number of ether oxygens (including phenoxy) is 3. The van der Waals surface area contributed by atoms with Crippen LogP contribution in [0.1, 0.15) is 24.1 Å². The maximum atomic E-state index is 5.65. The Hall–Kier alpha value is -2.57. The van der Waals surface area contributed by atoms with Gasteiger partial charge < -0.3 is 18.8 Å². The van der Waals surface area contributed by atoms with E-state index in [1.54, 1.807) is 32.7 Å². The average molecular weight is 413 g/mol. The van der Waals surface area contributed by atoms with E-state index >= 15 is 0 Å². The molecule has 2 aromatic carbocycles. The summed E-state index contributed by atoms with van der Waals surface area (Å²) in [6.45, 7) is 6.89. The number of thiazole rings is 1. The fourth-order valence-corrected chi connectivity index (χ4v) is 4.29. The Balaban J connectivity index is 2.22. The first-order valence-electron chi connectivity index (χ1n) is 9.51. The van der Waals surface area contributed by atoms with Gasteiger partial charge in [0.15, 0.2) is 4.80 Å². The highest BCUT2D eigenvalue weighted by Crippen LogP contribution is 2.35. The molecule has 0 spiro atoms. The molecule has 3 aromatic rings. The van der Waals surface area contributed by atoms with Gasteiger partial charge in [-0.1, -0.05) is 12.1 Å². The molecule has 0 saturated heterocycles. The van der Waals surface area contributed by atoms with Gasteiger partial charge in [0.25, 0.3) is 0 Å². The van der Waals surface area contributed by atoms with Crippen LogP contribution in [0.25, 0.3) is 11.3 Å². The van der Waals surface area contributed by atoms with Crippen LogP contribution in [0.3, 0.4) is 0 Å². The van der Waals surface area contributed by atoms with Gasteiger partial charge in [-0.2, -0.15) is 0 Å². The van der Waals surface area contributed by atoms with E-state index < -0.39 is 0 Å². The Kier molecular flexibility index (Phi) is 6.77. The van der Waals surface area contributed by atoms with Crippen molar-refractivity contribution in [1.29, 1.82) is 0 Å². The molecule has 0 aliphatic rings. The van der Waals surface area contributed by atoms with E-state index in [0.29, 0.717) is 6.61 Å². The molecule has 1 unspecified atom stereocenters. The van der Waals surface area contributed by atoms with Crippen molar-refractivity contribution >= 4 is 17.0 Å². The van der Waals surface area contributed by atoms with Gasteiger partial charge in [-0.15, -0.1) is 11.3 Å². The van der Waals surface area contributed by atoms with Crippen molar-refractivity contribution < 1.29 is 14.2 Å². The van der Waals surface area contributed by atoms with Crippen molar-refractivity contribution in [2.24, 2.45) is 4.99 Å². The summed E-state index contributed by atoms with van der Waals surface area (Å²) in [6.07, 6.45) is 0. The quantitative estimate of drug-likeness (QED) is 0.530. The highest BCUT2D eigenvalue weighted by atomic mass is 32.1. The zero-order valence-corrected chi connectivity index (χ0v) is 18.7. The largest absolute Gasteiger partial charge is 0.497 e. The van der Waals surface area contributed by atoms with E-state index in [1.165, 1.54) is 5.56 Å². The van der Waals surface area contributed by atoms with Gasteiger partial charge in [0, 0.05) is 24.1 Å². The van der Waals surface area contributed by atoms with Gasteiger partial charge in [0.05, 0.1) is 38.2 Å². The smallest absolute Gasteiger partial charge is 0.190 e. The standard InChI is InChI=1S/C23H28N2O3S/c1-15-7-8-16(2)20(11-15)24-23-25(17(3)13-26-4)21(14-29-23)19-10-9-18(27-5)12-22(19)28-6/h7-12,14,17H,13H2,1-6H3. The van der Waals surface area contributed by atoms with Crippen LogP contribution >= 0.6 is 11.3 Å². The van der Waals surface area contributed by atoms with E-state index in [1.807, 2.05) is 18.2 Å². The molecule has 5 nitrogen and oxygen atoms in total. The van der Waals surface area contributed by atoms with Crippen LogP contribution in [-0.4, -0.2) is 32.5 Å². The molecule has 1 heterocycles. The third kappa shape index (κ3) is 4.54. The van der Waals surface area contributed by atoms with E-state index in [9.17, 15) is 0 Å². The Morgan fingerprint density at radius 3 is 2.52 bits per heavy atom. The summed E-state index contributed by atoms with van der Waals surface area (Å²) in [6, 6.07) is 12.3. The molecule has 0 bridgehead atoms. The van der Waals surface area contributed by atoms with Gasteiger partial charge in [-0.3, -0.25) is 0 Å². The van der Waals surface area contributed by atoms with Crippen LogP contribution < -0.4 is 14.3 Å². The maximum absolute atomic E-state index is 5.65. The predicted octanol–water partition coefficient (Wildman–Crippen LogP) is 5.29. The third-order valence-electron chi connectivity index (χ3n) is 4.86. The summed E-state index contributed by atoms with van der Waals surface area (Å²) in [7, 11) is 5.05. The molecule has 0 aliphatic heterocycles. The Bertz CT molecular complexity index is 1050. The zero-order valence-electron chi connectivity index (χ0n) is 17.9. The maximum Gasteiger partial charge on any atom is 0.190 e. The number of methoxy groups -OCH3 is 3. The van der Waals surface area contributed by atoms with Gasteiger partial charge in [-0.25, -0.2) is 4.99 Å². The van der Waals surface area contributed by atoms with Crippen LogP contribution in [0.15, 0.2) is 46.8 Å². The Morgan fingerprint density at radius 2 is 1.83 bits per heavy atom. The van der Waals surface area contributed by atoms with Crippen molar-refractivity contribution in [3.63, 3.8) is 0 Å². The van der Waals surface area contributed by atoms with Crippen molar-refractivity contribution in [2.45, 2.75) is 26.8 Å². The van der Waals surface area contributed by atoms with E-state index in [-0.39, 0.29) is 6.04 Å². The van der Waals surface area contributed by atoms with Crippen LogP contribution in [0.4, 0.5) is 5.69 Å². The summed E-state index contributed by atoms with van der Waals surface area (Å²) < 4.78 is 18.7. The molecule has 0 fully saturated rings. The van der Waals surface area contributed by atoms with Crippen molar-refractivity contribution in [3.8, 4) is 22.8 Å². The molecule has 29 heavy (non-hydrogen) atoms. The molecule has 6 heteroatoms. The third-order valence-corrected chi connectivity index (χ3v) is 5.70. The van der Waals surface area contributed by atoms with Crippen LogP contribution in [-0.2, 0) is 4.74 Å². The molecule has 1 aromatic heterocycles. The number of aromatic nitrogens is 1. The molecule has 3 rings (SSSR count). The molecule has 0 amide bonds. The van der Waals surface area contributed by atoms with Crippen LogP contribution in [0.2, 0.25) is 0 Å². The molecule has 0 saturated carbocycles. The fraction of sp³-hybridized carbons (Fsp3) is 0.348. The Morgan fingerprint density at radius 1 is 1.03 bits per heavy atom. The highest BCUT2D eigenvalue weighted by molar-refractivity contribution is 7.07. The normalized spacial score (nSPS) is 12.8. The minimum atomic E-state index is 0.108. The van der Waals surface area contributed by atoms with Crippen LogP contribution in [0, 0.1) is 13.8 Å². The van der Waals surface area contributed by atoms with E-state index in [4.69, 9.17) is 19.2 Å². The lowest BCUT2D eigenvalue weighted by Gasteiger charge is -2.18. The van der Waals surface area contributed by atoms with E-state index in [0.717, 1.165) is 38.8 Å². The van der Waals surface area contributed by atoms with Crippen molar-refractivity contribution in [1.82, 2.24) is 4.57 Å². The summed E-state index contributed by atoms with van der Waals surface area (Å²) >= 11 is 1.62. The molecular weight excluding hydrogens is 384 g/mol. The summed E-state index contributed by atoms with van der Waals surface area (Å²) in [5.74, 6) is 1.52. The van der Waals surface area contributed by atoms with Gasteiger partial charge in [0.1, 0.15) is 11.5 Å². The number of benzene rings is 2. The number of hydrogen-bond acceptors (Lipinski definition) is 5. The second kappa shape index (κ2) is 9.29. The summed E-state index contributed by atoms with van der Waals surface area (Å²) in [4.78, 5) is 5.93. The molecule has 0 aliphatic carbocycles. The first-order valence-corrected chi connectivity index (χ1v) is 10.4. The minimum Gasteiger partial charge on any atom is -0.497 e. The molecule has 0 N–H and O–H groups in total. The SMILES string of the molecule is COCC(C)n1c(-c2ccc(OC)cc2OC)csc1=Nc1cc(C)ccc1C. The second-order valence-corrected chi connectivity index (χ2v) is 7.88. The first kappa shape index (κ1) is 21.1. The first-order chi connectivity index (χ1) is 14.0. The van der Waals surface area contributed by atoms with E-state index in [2.05, 4.69) is 48.9 Å². The molecule has 0 radical (unpaired) electrons. The zero-order chi connectivity index (χ0) is 21.0. The molecule has 1 atom stereocenters. The number of nitrogens with zero attached hydrogens (tertiary/aromatic N) is 2. The molecular formula is C23H28N2O3S. The minimum absolute atomic E-state index is 0.108. The number of rotatable bonds is 7. The number of hydrogen-bond donors (Lipinski definition) is 0. The topological polar surface area (TPSA) is 45.0 Å². The predicted molar refractivity (Wildman–Crippen MR) is 119 cm³/mol. The fourth-order valence-electron chi connectivity index (χ4n) is 3.29. The van der Waals surface area contributed by atoms with Crippen molar-refractivity contribution in [2.75, 3.05) is 27.9 Å². The summed E-state index contributed by atoms with van der Waals surface area (Å²) in [5.41, 5.74) is 5.37. The summed E-state index contributed by atoms with van der Waals surface area (Å²) in [5, 5.41) is 2.13. The van der Waals surface area contributed by atoms with Gasteiger partial charge in [0.2, 0.25) is 0 Å². The lowest BCUT2D eigenvalue weighted by Crippen LogP contribution is -2.23. The van der Waals surface area contributed by atoms with Crippen molar-refractivity contribution in [3.05, 3.63) is 57.7 Å². The monoisotopic (exact) mass is 412 g/mol. The van der Waals surface area contributed by atoms with Gasteiger partial charge in [-0.05, 0) is 50.1 Å². The number of aryl methyl sites for hydroxylation is 2. The lowest BCUT2D eigenvalue weighted by atomic mass is 10.1. The van der Waals surface area contributed by atoms with Gasteiger partial charge >= 0.3 is 0 Å². The molecule has 154 valence electrons. The van der Waals surface area contributed by atoms with Crippen LogP contribution in [0.5, 0.6) is 11.5 Å². The lowest BCUT2D eigenvalue weighted by molar-refractivity contribution is 0.162.